The van der Waals surface area contributed by atoms with E-state index in [9.17, 15) is 20.1 Å². The molecule has 3 N–H and O–H groups in total. The number of aliphatic hydroxyl groups is 3. The fourth-order valence-electron chi connectivity index (χ4n) is 5.45. The molecule has 1 heterocycles. The summed E-state index contributed by atoms with van der Waals surface area (Å²) in [6.07, 6.45) is 10.7. The molecular weight excluding hydrogens is 496 g/mol. The van der Waals surface area contributed by atoms with Gasteiger partial charge in [0.2, 0.25) is 0 Å². The standard InChI is InChI=1S/C32H42O7/c1-20(16-21(2)8-9-22(3)33)6-5-7-26-19-39-30-29(34)25(17-28(31(35)37-4)32(26,30)36)18-38-27-14-12-24(13-15-27)23-10-11-23/h5-8,12-15,17,20,22-23,28-30,33-34,36H,9-11,16,18-19H2,1-4H3/b6-5+,21-8+,26-7+. The van der Waals surface area contributed by atoms with Crippen molar-refractivity contribution in [1.82, 2.24) is 0 Å². The SMILES string of the molecule is COC(=O)C1C=C(COc2ccc(C3CC3)cc2)C(O)C2OC/C(=C\C=C\C(C)C/C(C)=C/CC(C)O)C12O. The number of carbonyl (C=O) groups excluding carboxylic acids is 1. The first kappa shape index (κ1) is 29.3. The summed E-state index contributed by atoms with van der Waals surface area (Å²) in [5.41, 5.74) is 1.75. The van der Waals surface area contributed by atoms with Crippen LogP contribution in [-0.4, -0.2) is 65.5 Å². The van der Waals surface area contributed by atoms with Gasteiger partial charge in [-0.05, 0) is 80.2 Å². The highest BCUT2D eigenvalue weighted by molar-refractivity contribution is 5.78. The van der Waals surface area contributed by atoms with Crippen molar-refractivity contribution >= 4 is 5.97 Å². The normalized spacial score (nSPS) is 29.7. The molecule has 1 aliphatic heterocycles. The van der Waals surface area contributed by atoms with E-state index in [2.05, 4.69) is 19.1 Å². The fourth-order valence-corrected chi connectivity index (χ4v) is 5.45. The van der Waals surface area contributed by atoms with Gasteiger partial charge in [0.1, 0.15) is 36.1 Å². The van der Waals surface area contributed by atoms with E-state index in [4.69, 9.17) is 14.2 Å². The highest BCUT2D eigenvalue weighted by Crippen LogP contribution is 2.45. The lowest BCUT2D eigenvalue weighted by Gasteiger charge is -2.41. The molecule has 6 atom stereocenters. The van der Waals surface area contributed by atoms with Crippen molar-refractivity contribution in [2.24, 2.45) is 11.8 Å². The van der Waals surface area contributed by atoms with E-state index in [0.717, 1.165) is 6.42 Å². The predicted octanol–water partition coefficient (Wildman–Crippen LogP) is 4.39. The molecule has 212 valence electrons. The molecule has 1 saturated carbocycles. The quantitative estimate of drug-likeness (QED) is 0.284. The highest BCUT2D eigenvalue weighted by atomic mass is 16.5. The minimum atomic E-state index is -1.73. The number of esters is 1. The number of rotatable bonds is 11. The molecule has 0 aromatic heterocycles. The second-order valence-electron chi connectivity index (χ2n) is 11.3. The minimum Gasteiger partial charge on any atom is -0.489 e. The zero-order valence-corrected chi connectivity index (χ0v) is 23.4. The molecule has 1 aromatic rings. The maximum atomic E-state index is 12.8. The molecule has 0 radical (unpaired) electrons. The monoisotopic (exact) mass is 538 g/mol. The molecule has 2 fully saturated rings. The molecule has 7 nitrogen and oxygen atoms in total. The number of benzene rings is 1. The third kappa shape index (κ3) is 6.90. The summed E-state index contributed by atoms with van der Waals surface area (Å²) in [6, 6.07) is 7.96. The summed E-state index contributed by atoms with van der Waals surface area (Å²) in [5.74, 6) is -0.0893. The van der Waals surface area contributed by atoms with Crippen molar-refractivity contribution in [2.75, 3.05) is 20.3 Å². The Bertz CT molecular complexity index is 1130. The highest BCUT2D eigenvalue weighted by Gasteiger charge is 2.59. The largest absolute Gasteiger partial charge is 0.489 e. The van der Waals surface area contributed by atoms with Crippen LogP contribution in [0.15, 0.2) is 71.4 Å². The van der Waals surface area contributed by atoms with Crippen LogP contribution in [-0.2, 0) is 14.3 Å². The van der Waals surface area contributed by atoms with Crippen LogP contribution in [0.2, 0.25) is 0 Å². The van der Waals surface area contributed by atoms with E-state index in [1.54, 1.807) is 19.1 Å². The Morgan fingerprint density at radius 3 is 2.59 bits per heavy atom. The van der Waals surface area contributed by atoms with Gasteiger partial charge in [-0.15, -0.1) is 0 Å². The van der Waals surface area contributed by atoms with Gasteiger partial charge in [0, 0.05) is 0 Å². The third-order valence-corrected chi connectivity index (χ3v) is 7.87. The van der Waals surface area contributed by atoms with Crippen LogP contribution in [0.5, 0.6) is 5.75 Å². The summed E-state index contributed by atoms with van der Waals surface area (Å²) >= 11 is 0. The average Bonchev–Trinajstić information content (AvgIpc) is 3.70. The molecule has 4 rings (SSSR count). The molecule has 0 bridgehead atoms. The first-order valence-corrected chi connectivity index (χ1v) is 13.9. The average molecular weight is 539 g/mol. The molecule has 0 amide bonds. The van der Waals surface area contributed by atoms with Crippen LogP contribution in [0.3, 0.4) is 0 Å². The fraction of sp³-hybridized carbons (Fsp3) is 0.531. The Balaban J connectivity index is 1.48. The zero-order valence-electron chi connectivity index (χ0n) is 23.4. The maximum absolute atomic E-state index is 12.8. The van der Waals surface area contributed by atoms with E-state index in [0.29, 0.717) is 29.2 Å². The summed E-state index contributed by atoms with van der Waals surface area (Å²) in [4.78, 5) is 12.8. The Labute approximate surface area is 231 Å². The number of ether oxygens (including phenoxy) is 3. The lowest BCUT2D eigenvalue weighted by molar-refractivity contribution is -0.160. The maximum Gasteiger partial charge on any atom is 0.315 e. The van der Waals surface area contributed by atoms with E-state index in [-0.39, 0.29) is 25.2 Å². The Morgan fingerprint density at radius 2 is 1.95 bits per heavy atom. The summed E-state index contributed by atoms with van der Waals surface area (Å²) in [5, 5.41) is 32.4. The Morgan fingerprint density at radius 1 is 1.23 bits per heavy atom. The lowest BCUT2D eigenvalue weighted by atomic mass is 9.70. The molecule has 3 aliphatic rings. The van der Waals surface area contributed by atoms with Crippen molar-refractivity contribution < 1.29 is 34.3 Å². The van der Waals surface area contributed by atoms with Crippen LogP contribution < -0.4 is 4.74 Å². The van der Waals surface area contributed by atoms with Gasteiger partial charge in [0.15, 0.2) is 0 Å². The topological polar surface area (TPSA) is 105 Å². The number of hydrogen-bond acceptors (Lipinski definition) is 7. The van der Waals surface area contributed by atoms with Crippen molar-refractivity contribution in [2.45, 2.75) is 76.3 Å². The van der Waals surface area contributed by atoms with Gasteiger partial charge < -0.3 is 29.5 Å². The van der Waals surface area contributed by atoms with Crippen molar-refractivity contribution in [3.8, 4) is 5.75 Å². The van der Waals surface area contributed by atoms with Gasteiger partial charge in [-0.2, -0.15) is 0 Å². The number of carbonyl (C=O) groups is 1. The van der Waals surface area contributed by atoms with Crippen LogP contribution >= 0.6 is 0 Å². The van der Waals surface area contributed by atoms with E-state index >= 15 is 0 Å². The van der Waals surface area contributed by atoms with E-state index < -0.39 is 29.7 Å². The minimum absolute atomic E-state index is 0.0613. The molecule has 1 aromatic carbocycles. The van der Waals surface area contributed by atoms with Crippen LogP contribution in [0.1, 0.15) is 57.9 Å². The number of aliphatic hydroxyl groups excluding tert-OH is 2. The second kappa shape index (κ2) is 12.6. The molecule has 7 heteroatoms. The zero-order chi connectivity index (χ0) is 28.2. The van der Waals surface area contributed by atoms with E-state index in [1.807, 2.05) is 37.3 Å². The molecular formula is C32H42O7. The van der Waals surface area contributed by atoms with Crippen LogP contribution in [0, 0.1) is 11.8 Å². The number of allylic oxidation sites excluding steroid dienone is 4. The molecule has 1 saturated heterocycles. The summed E-state index contributed by atoms with van der Waals surface area (Å²) in [6.45, 7) is 6.05. The number of methoxy groups -OCH3 is 1. The van der Waals surface area contributed by atoms with Crippen LogP contribution in [0.4, 0.5) is 0 Å². The third-order valence-electron chi connectivity index (χ3n) is 7.87. The van der Waals surface area contributed by atoms with Gasteiger partial charge in [-0.1, -0.05) is 55.0 Å². The van der Waals surface area contributed by atoms with Gasteiger partial charge in [0.25, 0.3) is 0 Å². The first-order valence-electron chi connectivity index (χ1n) is 13.9. The van der Waals surface area contributed by atoms with Gasteiger partial charge >= 0.3 is 5.97 Å². The number of hydrogen-bond donors (Lipinski definition) is 3. The Hall–Kier alpha value is -2.71. The number of fused-ring (bicyclic) bond motifs is 1. The van der Waals surface area contributed by atoms with E-state index in [1.165, 1.54) is 31.1 Å². The molecule has 2 aliphatic carbocycles. The van der Waals surface area contributed by atoms with Gasteiger partial charge in [-0.3, -0.25) is 4.79 Å². The summed E-state index contributed by atoms with van der Waals surface area (Å²) < 4.78 is 16.8. The van der Waals surface area contributed by atoms with Crippen molar-refractivity contribution in [3.63, 3.8) is 0 Å². The second-order valence-corrected chi connectivity index (χ2v) is 11.3. The lowest BCUT2D eigenvalue weighted by Crippen LogP contribution is -2.57. The van der Waals surface area contributed by atoms with Crippen LogP contribution in [0.25, 0.3) is 0 Å². The summed E-state index contributed by atoms with van der Waals surface area (Å²) in [7, 11) is 1.28. The van der Waals surface area contributed by atoms with Crippen molar-refractivity contribution in [3.05, 3.63) is 76.9 Å². The van der Waals surface area contributed by atoms with Crippen molar-refractivity contribution in [1.29, 1.82) is 0 Å². The predicted molar refractivity (Wildman–Crippen MR) is 149 cm³/mol. The van der Waals surface area contributed by atoms with Gasteiger partial charge in [-0.25, -0.2) is 0 Å². The molecule has 0 spiro atoms. The molecule has 6 unspecified atom stereocenters. The van der Waals surface area contributed by atoms with Gasteiger partial charge in [0.05, 0.1) is 19.8 Å². The molecule has 39 heavy (non-hydrogen) atoms. The first-order chi connectivity index (χ1) is 18.6. The smallest absolute Gasteiger partial charge is 0.315 e. The Kier molecular flexibility index (Phi) is 9.49.